The number of nitrogens with one attached hydrogen (secondary N) is 2. The van der Waals surface area contributed by atoms with Crippen molar-refractivity contribution in [3.8, 4) is 17.1 Å². The summed E-state index contributed by atoms with van der Waals surface area (Å²) in [5.41, 5.74) is 1.41. The minimum absolute atomic E-state index is 0.211. The SMILES string of the molecule is COc1ccc(-c2nc(S[C@@H](C)C(=O)Nc3ccc(F)cc3)n[nH]2)cc1. The number of halogens is 1. The molecule has 8 heteroatoms. The van der Waals surface area contributed by atoms with Crippen LogP contribution in [0.4, 0.5) is 10.1 Å². The molecule has 0 saturated carbocycles. The van der Waals surface area contributed by atoms with E-state index in [4.69, 9.17) is 4.74 Å². The van der Waals surface area contributed by atoms with Crippen molar-refractivity contribution >= 4 is 23.4 Å². The van der Waals surface area contributed by atoms with Gasteiger partial charge in [0.2, 0.25) is 11.1 Å². The molecule has 0 aliphatic carbocycles. The Hall–Kier alpha value is -2.87. The first-order valence-corrected chi connectivity index (χ1v) is 8.73. The molecule has 1 amide bonds. The van der Waals surface area contributed by atoms with Gasteiger partial charge >= 0.3 is 0 Å². The number of hydrogen-bond acceptors (Lipinski definition) is 5. The molecule has 0 aliphatic rings. The van der Waals surface area contributed by atoms with Gasteiger partial charge in [-0.2, -0.15) is 0 Å². The second-order valence-electron chi connectivity index (χ2n) is 5.45. The molecule has 0 aliphatic heterocycles. The van der Waals surface area contributed by atoms with Crippen molar-refractivity contribution < 1.29 is 13.9 Å². The molecule has 3 aromatic rings. The number of H-pyrrole nitrogens is 1. The van der Waals surface area contributed by atoms with Crippen molar-refractivity contribution in [1.82, 2.24) is 15.2 Å². The molecule has 26 heavy (non-hydrogen) atoms. The van der Waals surface area contributed by atoms with Crippen LogP contribution in [0.15, 0.2) is 53.7 Å². The highest BCUT2D eigenvalue weighted by atomic mass is 32.2. The lowest BCUT2D eigenvalue weighted by Crippen LogP contribution is -2.22. The number of methoxy groups -OCH3 is 1. The third-order valence-electron chi connectivity index (χ3n) is 3.59. The summed E-state index contributed by atoms with van der Waals surface area (Å²) in [5, 5.41) is 9.79. The number of rotatable bonds is 6. The van der Waals surface area contributed by atoms with Crippen molar-refractivity contribution in [2.75, 3.05) is 12.4 Å². The van der Waals surface area contributed by atoms with Gasteiger partial charge in [-0.25, -0.2) is 9.37 Å². The lowest BCUT2D eigenvalue weighted by Gasteiger charge is -2.09. The lowest BCUT2D eigenvalue weighted by molar-refractivity contribution is -0.115. The molecular formula is C18H17FN4O2S. The van der Waals surface area contributed by atoms with E-state index in [1.807, 2.05) is 24.3 Å². The van der Waals surface area contributed by atoms with E-state index < -0.39 is 5.25 Å². The Balaban J connectivity index is 1.62. The third kappa shape index (κ3) is 4.40. The molecule has 0 fully saturated rings. The largest absolute Gasteiger partial charge is 0.497 e. The second kappa shape index (κ2) is 8.01. The zero-order valence-corrected chi connectivity index (χ0v) is 15.0. The van der Waals surface area contributed by atoms with E-state index in [9.17, 15) is 9.18 Å². The topological polar surface area (TPSA) is 79.9 Å². The normalized spacial score (nSPS) is 11.8. The highest BCUT2D eigenvalue weighted by Crippen LogP contribution is 2.24. The zero-order valence-electron chi connectivity index (χ0n) is 14.2. The van der Waals surface area contributed by atoms with Crippen molar-refractivity contribution in [1.29, 1.82) is 0 Å². The molecule has 6 nitrogen and oxygen atoms in total. The van der Waals surface area contributed by atoms with Crippen LogP contribution in [0.5, 0.6) is 5.75 Å². The van der Waals surface area contributed by atoms with E-state index in [1.165, 1.54) is 36.0 Å². The molecule has 2 N–H and O–H groups in total. The Kier molecular flexibility index (Phi) is 5.52. The monoisotopic (exact) mass is 372 g/mol. The van der Waals surface area contributed by atoms with Gasteiger partial charge < -0.3 is 10.1 Å². The van der Waals surface area contributed by atoms with Gasteiger partial charge in [-0.1, -0.05) is 11.8 Å². The number of nitrogens with zero attached hydrogens (tertiary/aromatic N) is 2. The molecule has 0 bridgehead atoms. The van der Waals surface area contributed by atoms with Crippen LogP contribution < -0.4 is 10.1 Å². The first-order valence-electron chi connectivity index (χ1n) is 7.85. The van der Waals surface area contributed by atoms with E-state index >= 15 is 0 Å². The van der Waals surface area contributed by atoms with Crippen molar-refractivity contribution in [2.24, 2.45) is 0 Å². The molecule has 1 atom stereocenters. The maximum atomic E-state index is 12.9. The summed E-state index contributed by atoms with van der Waals surface area (Å²) >= 11 is 1.23. The smallest absolute Gasteiger partial charge is 0.237 e. The molecule has 134 valence electrons. The van der Waals surface area contributed by atoms with Crippen molar-refractivity contribution in [3.05, 3.63) is 54.3 Å². The van der Waals surface area contributed by atoms with Crippen molar-refractivity contribution in [3.63, 3.8) is 0 Å². The zero-order chi connectivity index (χ0) is 18.5. The standard InChI is InChI=1S/C18H17FN4O2S/c1-11(17(24)20-14-7-5-13(19)6-8-14)26-18-21-16(22-23-18)12-3-9-15(25-2)10-4-12/h3-11H,1-2H3,(H,20,24)(H,21,22,23)/t11-/m0/s1. The molecule has 1 aromatic heterocycles. The van der Waals surface area contributed by atoms with Crippen LogP contribution in [0.3, 0.4) is 0 Å². The average molecular weight is 372 g/mol. The summed E-state index contributed by atoms with van der Waals surface area (Å²) in [4.78, 5) is 16.6. The third-order valence-corrected chi connectivity index (χ3v) is 4.55. The molecule has 3 rings (SSSR count). The summed E-state index contributed by atoms with van der Waals surface area (Å²) in [6.45, 7) is 1.76. The van der Waals surface area contributed by atoms with Crippen LogP contribution in [0.25, 0.3) is 11.4 Å². The first-order chi connectivity index (χ1) is 12.5. The number of hydrogen-bond donors (Lipinski definition) is 2. The molecule has 0 radical (unpaired) electrons. The Labute approximate surface area is 154 Å². The van der Waals surface area contributed by atoms with Crippen LogP contribution in [0.2, 0.25) is 0 Å². The Bertz CT molecular complexity index is 881. The maximum absolute atomic E-state index is 12.9. The van der Waals surface area contributed by atoms with Crippen LogP contribution in [0.1, 0.15) is 6.92 Å². The van der Waals surface area contributed by atoms with Crippen LogP contribution in [-0.4, -0.2) is 33.4 Å². The highest BCUT2D eigenvalue weighted by Gasteiger charge is 2.17. The summed E-state index contributed by atoms with van der Waals surface area (Å²) in [7, 11) is 1.61. The van der Waals surface area contributed by atoms with Crippen LogP contribution in [-0.2, 0) is 4.79 Å². The van der Waals surface area contributed by atoms with Crippen LogP contribution >= 0.6 is 11.8 Å². The van der Waals surface area contributed by atoms with Gasteiger partial charge in [0.15, 0.2) is 5.82 Å². The number of anilines is 1. The number of aromatic amines is 1. The Morgan fingerprint density at radius 3 is 2.54 bits per heavy atom. The molecule has 0 unspecified atom stereocenters. The minimum Gasteiger partial charge on any atom is -0.497 e. The van der Waals surface area contributed by atoms with E-state index in [1.54, 1.807) is 14.0 Å². The van der Waals surface area contributed by atoms with Gasteiger partial charge in [0, 0.05) is 11.3 Å². The Morgan fingerprint density at radius 1 is 1.19 bits per heavy atom. The summed E-state index contributed by atoms with van der Waals surface area (Å²) in [5.74, 6) is 0.810. The minimum atomic E-state index is -0.417. The fraction of sp³-hybridized carbons (Fsp3) is 0.167. The summed E-state index contributed by atoms with van der Waals surface area (Å²) < 4.78 is 18.0. The lowest BCUT2D eigenvalue weighted by atomic mass is 10.2. The number of benzene rings is 2. The summed E-state index contributed by atoms with van der Waals surface area (Å²) in [6.07, 6.45) is 0. The van der Waals surface area contributed by atoms with E-state index in [0.717, 1.165) is 11.3 Å². The molecule has 0 spiro atoms. The maximum Gasteiger partial charge on any atom is 0.237 e. The fourth-order valence-electron chi connectivity index (χ4n) is 2.17. The predicted molar refractivity (Wildman–Crippen MR) is 98.7 cm³/mol. The number of thioether (sulfide) groups is 1. The van der Waals surface area contributed by atoms with Gasteiger partial charge in [-0.05, 0) is 55.5 Å². The van der Waals surface area contributed by atoms with E-state index in [-0.39, 0.29) is 11.7 Å². The number of carbonyl (C=O) groups excluding carboxylic acids is 1. The highest BCUT2D eigenvalue weighted by molar-refractivity contribution is 8.00. The van der Waals surface area contributed by atoms with Gasteiger partial charge in [-0.15, -0.1) is 5.10 Å². The van der Waals surface area contributed by atoms with Gasteiger partial charge in [0.1, 0.15) is 11.6 Å². The fourth-order valence-corrected chi connectivity index (χ4v) is 2.89. The van der Waals surface area contributed by atoms with E-state index in [2.05, 4.69) is 20.5 Å². The van der Waals surface area contributed by atoms with Gasteiger partial charge in [0.05, 0.1) is 12.4 Å². The van der Waals surface area contributed by atoms with Gasteiger partial charge in [0.25, 0.3) is 0 Å². The molecule has 2 aromatic carbocycles. The number of ether oxygens (including phenoxy) is 1. The molecule has 1 heterocycles. The number of aromatic nitrogens is 3. The quantitative estimate of drug-likeness (QED) is 0.645. The van der Waals surface area contributed by atoms with E-state index in [0.29, 0.717) is 16.7 Å². The molecular weight excluding hydrogens is 355 g/mol. The average Bonchev–Trinajstić information content (AvgIpc) is 3.12. The Morgan fingerprint density at radius 2 is 1.88 bits per heavy atom. The van der Waals surface area contributed by atoms with Crippen molar-refractivity contribution in [2.45, 2.75) is 17.3 Å². The number of carbonyl (C=O) groups is 1. The number of amides is 1. The predicted octanol–water partition coefficient (Wildman–Crippen LogP) is 3.74. The second-order valence-corrected chi connectivity index (χ2v) is 6.76. The van der Waals surface area contributed by atoms with Gasteiger partial charge in [-0.3, -0.25) is 9.89 Å². The van der Waals surface area contributed by atoms with Crippen LogP contribution in [0, 0.1) is 5.82 Å². The molecule has 0 saturated heterocycles. The first kappa shape index (κ1) is 17.9. The summed E-state index contributed by atoms with van der Waals surface area (Å²) in [6, 6.07) is 13.0.